The third-order valence-electron chi connectivity index (χ3n) is 2.60. The predicted molar refractivity (Wildman–Crippen MR) is 79.4 cm³/mol. The fourth-order valence-electron chi connectivity index (χ4n) is 1.82. The Kier molecular flexibility index (Phi) is 4.31. The molecule has 0 aliphatic carbocycles. The molecule has 0 N–H and O–H groups in total. The van der Waals surface area contributed by atoms with Gasteiger partial charge in [0.05, 0.1) is 0 Å². The molecule has 1 nitrogen and oxygen atoms in total. The molecule has 0 atom stereocenters. The maximum absolute atomic E-state index is 6.15. The van der Waals surface area contributed by atoms with Crippen molar-refractivity contribution in [2.45, 2.75) is 20.5 Å². The lowest BCUT2D eigenvalue weighted by molar-refractivity contribution is 0.306. The number of hydrogen-bond acceptors (Lipinski definition) is 1. The minimum Gasteiger partial charge on any atom is -0.489 e. The summed E-state index contributed by atoms with van der Waals surface area (Å²) in [4.78, 5) is 0. The molecule has 0 unspecified atom stereocenters. The number of rotatable bonds is 3. The number of hydrogen-bond donors (Lipinski definition) is 0. The van der Waals surface area contributed by atoms with Gasteiger partial charge in [0.2, 0.25) is 0 Å². The summed E-state index contributed by atoms with van der Waals surface area (Å²) in [6.45, 7) is 4.61. The summed E-state index contributed by atoms with van der Waals surface area (Å²) >= 11 is 9.53. The largest absolute Gasteiger partial charge is 0.489 e. The van der Waals surface area contributed by atoms with Crippen molar-refractivity contribution in [1.82, 2.24) is 0 Å². The molecule has 0 aliphatic heterocycles. The second-order valence-corrected chi connectivity index (χ2v) is 5.67. The van der Waals surface area contributed by atoms with E-state index in [0.29, 0.717) is 11.6 Å². The highest BCUT2D eigenvalue weighted by molar-refractivity contribution is 9.10. The van der Waals surface area contributed by atoms with Crippen molar-refractivity contribution >= 4 is 27.5 Å². The van der Waals surface area contributed by atoms with Crippen molar-refractivity contribution in [1.29, 1.82) is 0 Å². The molecule has 0 saturated heterocycles. The first-order chi connectivity index (χ1) is 8.54. The van der Waals surface area contributed by atoms with Gasteiger partial charge in [-0.2, -0.15) is 0 Å². The lowest BCUT2D eigenvalue weighted by atomic mass is 10.1. The molecule has 0 spiro atoms. The zero-order valence-corrected chi connectivity index (χ0v) is 12.7. The molecule has 0 saturated carbocycles. The fourth-order valence-corrected chi connectivity index (χ4v) is 2.54. The molecule has 3 heteroatoms. The van der Waals surface area contributed by atoms with Crippen molar-refractivity contribution in [3.8, 4) is 5.75 Å². The van der Waals surface area contributed by atoms with Crippen LogP contribution >= 0.6 is 27.5 Å². The lowest BCUT2D eigenvalue weighted by Crippen LogP contribution is -1.97. The van der Waals surface area contributed by atoms with Crippen molar-refractivity contribution in [3.63, 3.8) is 0 Å². The van der Waals surface area contributed by atoms with Gasteiger partial charge in [0.15, 0.2) is 0 Å². The van der Waals surface area contributed by atoms with Crippen LogP contribution in [0.2, 0.25) is 5.02 Å². The highest BCUT2D eigenvalue weighted by atomic mass is 79.9. The Morgan fingerprint density at radius 2 is 1.72 bits per heavy atom. The van der Waals surface area contributed by atoms with Crippen LogP contribution in [0.4, 0.5) is 0 Å². The van der Waals surface area contributed by atoms with E-state index in [0.717, 1.165) is 15.8 Å². The summed E-state index contributed by atoms with van der Waals surface area (Å²) in [5.74, 6) is 0.881. The molecule has 0 amide bonds. The second kappa shape index (κ2) is 5.77. The van der Waals surface area contributed by atoms with E-state index < -0.39 is 0 Å². The molecule has 94 valence electrons. The highest BCUT2D eigenvalue weighted by Crippen LogP contribution is 2.23. The standard InChI is InChI=1S/C15H14BrClO/c1-10-5-11(2)7-14(6-10)18-9-12-3-4-13(16)8-15(12)17/h3-8H,9H2,1-2H3. The Hall–Kier alpha value is -0.990. The summed E-state index contributed by atoms with van der Waals surface area (Å²) in [5, 5.41) is 0.716. The Morgan fingerprint density at radius 3 is 2.33 bits per heavy atom. The molecule has 0 radical (unpaired) electrons. The minimum atomic E-state index is 0.481. The molecule has 18 heavy (non-hydrogen) atoms. The van der Waals surface area contributed by atoms with Gasteiger partial charge in [-0.25, -0.2) is 0 Å². The first-order valence-corrected chi connectivity index (χ1v) is 6.87. The van der Waals surface area contributed by atoms with E-state index in [-0.39, 0.29) is 0 Å². The van der Waals surface area contributed by atoms with E-state index in [1.54, 1.807) is 0 Å². The Bertz CT molecular complexity index is 546. The molecule has 0 fully saturated rings. The van der Waals surface area contributed by atoms with Gasteiger partial charge in [-0.05, 0) is 49.2 Å². The van der Waals surface area contributed by atoms with Crippen LogP contribution in [0.25, 0.3) is 0 Å². The SMILES string of the molecule is Cc1cc(C)cc(OCc2ccc(Br)cc2Cl)c1. The summed E-state index contributed by atoms with van der Waals surface area (Å²) < 4.78 is 6.75. The topological polar surface area (TPSA) is 9.23 Å². The molecule has 0 heterocycles. The molecule has 0 bridgehead atoms. The third-order valence-corrected chi connectivity index (χ3v) is 3.45. The minimum absolute atomic E-state index is 0.481. The van der Waals surface area contributed by atoms with Crippen LogP contribution in [-0.2, 0) is 6.61 Å². The van der Waals surface area contributed by atoms with Gasteiger partial charge >= 0.3 is 0 Å². The third kappa shape index (κ3) is 3.50. The Labute approximate surface area is 121 Å². The first kappa shape index (κ1) is 13.4. The van der Waals surface area contributed by atoms with Gasteiger partial charge in [-0.15, -0.1) is 0 Å². The zero-order valence-electron chi connectivity index (χ0n) is 10.3. The summed E-state index contributed by atoms with van der Waals surface area (Å²) in [5.41, 5.74) is 3.39. The van der Waals surface area contributed by atoms with Gasteiger partial charge in [-0.3, -0.25) is 0 Å². The van der Waals surface area contributed by atoms with E-state index in [4.69, 9.17) is 16.3 Å². The molecule has 2 aromatic rings. The van der Waals surface area contributed by atoms with Crippen LogP contribution in [-0.4, -0.2) is 0 Å². The smallest absolute Gasteiger partial charge is 0.120 e. The van der Waals surface area contributed by atoms with Gasteiger partial charge in [0.25, 0.3) is 0 Å². The Morgan fingerprint density at radius 1 is 1.06 bits per heavy atom. The zero-order chi connectivity index (χ0) is 13.1. The maximum Gasteiger partial charge on any atom is 0.120 e. The molecule has 0 aliphatic rings. The molecule has 2 rings (SSSR count). The van der Waals surface area contributed by atoms with Crippen LogP contribution in [0.1, 0.15) is 16.7 Å². The highest BCUT2D eigenvalue weighted by Gasteiger charge is 2.03. The summed E-state index contributed by atoms with van der Waals surface area (Å²) in [6.07, 6.45) is 0. The van der Waals surface area contributed by atoms with Crippen LogP contribution < -0.4 is 4.74 Å². The quantitative estimate of drug-likeness (QED) is 0.744. The van der Waals surface area contributed by atoms with E-state index in [1.165, 1.54) is 11.1 Å². The number of benzene rings is 2. The number of ether oxygens (including phenoxy) is 1. The van der Waals surface area contributed by atoms with Crippen LogP contribution in [0.3, 0.4) is 0 Å². The maximum atomic E-state index is 6.15. The predicted octanol–water partition coefficient (Wildman–Crippen LogP) is 5.30. The van der Waals surface area contributed by atoms with E-state index in [1.807, 2.05) is 30.3 Å². The number of halogens is 2. The van der Waals surface area contributed by atoms with Gasteiger partial charge in [0, 0.05) is 15.1 Å². The molecular formula is C15H14BrClO. The van der Waals surface area contributed by atoms with Crippen LogP contribution in [0.5, 0.6) is 5.75 Å². The Balaban J connectivity index is 2.11. The molecule has 0 aromatic heterocycles. The summed E-state index contributed by atoms with van der Waals surface area (Å²) in [7, 11) is 0. The lowest BCUT2D eigenvalue weighted by Gasteiger charge is -2.09. The van der Waals surface area contributed by atoms with E-state index in [2.05, 4.69) is 35.8 Å². The van der Waals surface area contributed by atoms with Crippen LogP contribution in [0, 0.1) is 13.8 Å². The average molecular weight is 326 g/mol. The normalized spacial score (nSPS) is 10.4. The van der Waals surface area contributed by atoms with Gasteiger partial charge in [0.1, 0.15) is 12.4 Å². The second-order valence-electron chi connectivity index (χ2n) is 4.35. The van der Waals surface area contributed by atoms with Gasteiger partial charge < -0.3 is 4.74 Å². The van der Waals surface area contributed by atoms with Gasteiger partial charge in [-0.1, -0.05) is 39.7 Å². The monoisotopic (exact) mass is 324 g/mol. The number of aryl methyl sites for hydroxylation is 2. The molecule has 2 aromatic carbocycles. The van der Waals surface area contributed by atoms with Crippen molar-refractivity contribution in [2.24, 2.45) is 0 Å². The van der Waals surface area contributed by atoms with Crippen molar-refractivity contribution in [3.05, 3.63) is 62.6 Å². The summed E-state index contributed by atoms with van der Waals surface area (Å²) in [6, 6.07) is 12.0. The first-order valence-electron chi connectivity index (χ1n) is 5.69. The van der Waals surface area contributed by atoms with Crippen LogP contribution in [0.15, 0.2) is 40.9 Å². The van der Waals surface area contributed by atoms with E-state index in [9.17, 15) is 0 Å². The molecular weight excluding hydrogens is 312 g/mol. The van der Waals surface area contributed by atoms with E-state index >= 15 is 0 Å². The average Bonchev–Trinajstić information content (AvgIpc) is 2.26. The fraction of sp³-hybridized carbons (Fsp3) is 0.200. The van der Waals surface area contributed by atoms with Crippen molar-refractivity contribution < 1.29 is 4.74 Å². The van der Waals surface area contributed by atoms with Crippen molar-refractivity contribution in [2.75, 3.05) is 0 Å².